The fourth-order valence-electron chi connectivity index (χ4n) is 3.34. The zero-order chi connectivity index (χ0) is 22.3. The Hall–Kier alpha value is -1.98. The molecule has 0 bridgehead atoms. The minimum Gasteiger partial charge on any atom is -0.491 e. The molecule has 164 valence electrons. The zero-order valence-corrected chi connectivity index (χ0v) is 19.8. The van der Waals surface area contributed by atoms with Gasteiger partial charge in [0.05, 0.1) is 11.4 Å². The summed E-state index contributed by atoms with van der Waals surface area (Å²) in [5.41, 5.74) is 1.45. The molecule has 0 aliphatic rings. The normalized spacial score (nSPS) is 12.9. The molecular weight excluding hydrogens is 394 g/mol. The number of nitrogens with zero attached hydrogens (tertiary/aromatic N) is 1. The summed E-state index contributed by atoms with van der Waals surface area (Å²) in [7, 11) is 0. The molecule has 0 amide bonds. The van der Waals surface area contributed by atoms with Gasteiger partial charge in [-0.1, -0.05) is 77.6 Å². The third kappa shape index (κ3) is 7.06. The fraction of sp³-hybridized carbons (Fsp3) is 0.480. The first-order valence-corrected chi connectivity index (χ1v) is 11.4. The topological polar surface area (TPSA) is 49.8 Å². The van der Waals surface area contributed by atoms with E-state index in [4.69, 9.17) is 4.74 Å². The van der Waals surface area contributed by atoms with Crippen LogP contribution in [0.15, 0.2) is 58.3 Å². The second kappa shape index (κ2) is 10.9. The van der Waals surface area contributed by atoms with Crippen molar-refractivity contribution in [3.05, 3.63) is 54.1 Å². The number of benzene rings is 2. The Bertz CT molecular complexity index is 812. The van der Waals surface area contributed by atoms with Gasteiger partial charge in [-0.15, -0.1) is 0 Å². The summed E-state index contributed by atoms with van der Waals surface area (Å²) in [5, 5.41) is 9.22. The average molecular weight is 430 g/mol. The molecule has 0 radical (unpaired) electrons. The summed E-state index contributed by atoms with van der Waals surface area (Å²) >= 11 is 1.69. The SMILES string of the molecule is CCN(CC(=O)O)C(COc1ccccc1Sc1ccc(C(C)(C)C)cc1)C(C)C. The number of carbonyl (C=O) groups is 1. The van der Waals surface area contributed by atoms with Crippen LogP contribution < -0.4 is 4.74 Å². The van der Waals surface area contributed by atoms with Crippen LogP contribution in [0.5, 0.6) is 5.75 Å². The number of aliphatic carboxylic acids is 1. The maximum atomic E-state index is 11.2. The Morgan fingerprint density at radius 3 is 2.27 bits per heavy atom. The van der Waals surface area contributed by atoms with Crippen LogP contribution in [0.25, 0.3) is 0 Å². The van der Waals surface area contributed by atoms with E-state index in [1.54, 1.807) is 11.8 Å². The number of hydrogen-bond acceptors (Lipinski definition) is 4. The molecule has 30 heavy (non-hydrogen) atoms. The number of likely N-dealkylation sites (N-methyl/N-ethyl adjacent to an activating group) is 1. The minimum atomic E-state index is -0.808. The highest BCUT2D eigenvalue weighted by Gasteiger charge is 2.24. The summed E-state index contributed by atoms with van der Waals surface area (Å²) in [6.45, 7) is 14.0. The first-order valence-electron chi connectivity index (χ1n) is 10.6. The van der Waals surface area contributed by atoms with Gasteiger partial charge >= 0.3 is 5.97 Å². The molecule has 2 aromatic rings. The molecule has 4 nitrogen and oxygen atoms in total. The van der Waals surface area contributed by atoms with Gasteiger partial charge in [0.25, 0.3) is 0 Å². The van der Waals surface area contributed by atoms with E-state index in [1.165, 1.54) is 10.5 Å². The molecule has 0 fully saturated rings. The standard InChI is InChI=1S/C25H35NO3S/c1-7-26(16-24(27)28)21(18(2)3)17-29-22-10-8-9-11-23(22)30-20-14-12-19(13-15-20)25(4,5)6/h8-15,18,21H,7,16-17H2,1-6H3,(H,27,28). The van der Waals surface area contributed by atoms with E-state index in [0.29, 0.717) is 13.2 Å². The van der Waals surface area contributed by atoms with Crippen molar-refractivity contribution < 1.29 is 14.6 Å². The Morgan fingerprint density at radius 1 is 1.10 bits per heavy atom. The molecule has 0 saturated heterocycles. The lowest BCUT2D eigenvalue weighted by Gasteiger charge is -2.32. The fourth-order valence-corrected chi connectivity index (χ4v) is 4.24. The van der Waals surface area contributed by atoms with Crippen LogP contribution in [0.3, 0.4) is 0 Å². The molecule has 0 aliphatic heterocycles. The van der Waals surface area contributed by atoms with Gasteiger partial charge in [-0.05, 0) is 47.7 Å². The number of ether oxygens (including phenoxy) is 1. The first-order chi connectivity index (χ1) is 14.1. The summed E-state index contributed by atoms with van der Waals surface area (Å²) in [4.78, 5) is 15.4. The number of hydrogen-bond donors (Lipinski definition) is 1. The van der Waals surface area contributed by atoms with Crippen molar-refractivity contribution in [2.75, 3.05) is 19.7 Å². The predicted molar refractivity (Wildman–Crippen MR) is 125 cm³/mol. The predicted octanol–water partition coefficient (Wildman–Crippen LogP) is 5.95. The maximum absolute atomic E-state index is 11.2. The van der Waals surface area contributed by atoms with E-state index in [2.05, 4.69) is 65.0 Å². The maximum Gasteiger partial charge on any atom is 0.317 e. The third-order valence-corrected chi connectivity index (χ3v) is 6.26. The Morgan fingerprint density at radius 2 is 1.73 bits per heavy atom. The first kappa shape index (κ1) is 24.3. The van der Waals surface area contributed by atoms with E-state index < -0.39 is 5.97 Å². The van der Waals surface area contributed by atoms with Crippen LogP contribution in [0.1, 0.15) is 47.1 Å². The summed E-state index contributed by atoms with van der Waals surface area (Å²) in [5.74, 6) is 0.311. The van der Waals surface area contributed by atoms with E-state index in [-0.39, 0.29) is 23.9 Å². The average Bonchev–Trinajstić information content (AvgIpc) is 2.67. The second-order valence-electron chi connectivity index (χ2n) is 8.90. The number of carboxylic acid groups (broad SMARTS) is 1. The molecule has 1 atom stereocenters. The van der Waals surface area contributed by atoms with Crippen molar-refractivity contribution in [3.63, 3.8) is 0 Å². The molecule has 2 rings (SSSR count). The number of rotatable bonds is 10. The molecule has 5 heteroatoms. The summed E-state index contributed by atoms with van der Waals surface area (Å²) in [6.07, 6.45) is 0. The highest BCUT2D eigenvalue weighted by Crippen LogP contribution is 2.36. The van der Waals surface area contributed by atoms with Crippen LogP contribution in [0.2, 0.25) is 0 Å². The van der Waals surface area contributed by atoms with Crippen molar-refractivity contribution in [1.29, 1.82) is 0 Å². The van der Waals surface area contributed by atoms with E-state index >= 15 is 0 Å². The summed E-state index contributed by atoms with van der Waals surface area (Å²) < 4.78 is 6.22. The van der Waals surface area contributed by atoms with Gasteiger partial charge in [0.15, 0.2) is 0 Å². The van der Waals surface area contributed by atoms with Crippen molar-refractivity contribution in [1.82, 2.24) is 4.90 Å². The quantitative estimate of drug-likeness (QED) is 0.506. The van der Waals surface area contributed by atoms with E-state index in [0.717, 1.165) is 10.6 Å². The van der Waals surface area contributed by atoms with Crippen LogP contribution in [-0.2, 0) is 10.2 Å². The Kier molecular flexibility index (Phi) is 8.80. The lowest BCUT2D eigenvalue weighted by Crippen LogP contribution is -2.45. The smallest absolute Gasteiger partial charge is 0.317 e. The highest BCUT2D eigenvalue weighted by molar-refractivity contribution is 7.99. The van der Waals surface area contributed by atoms with Gasteiger partial charge < -0.3 is 9.84 Å². The van der Waals surface area contributed by atoms with Crippen LogP contribution in [0.4, 0.5) is 0 Å². The van der Waals surface area contributed by atoms with Crippen molar-refractivity contribution in [2.24, 2.45) is 5.92 Å². The van der Waals surface area contributed by atoms with Gasteiger partial charge in [0.1, 0.15) is 12.4 Å². The molecule has 2 aromatic carbocycles. The summed E-state index contributed by atoms with van der Waals surface area (Å²) in [6, 6.07) is 16.8. The van der Waals surface area contributed by atoms with Crippen LogP contribution in [0, 0.1) is 5.92 Å². The van der Waals surface area contributed by atoms with Gasteiger partial charge in [0, 0.05) is 10.9 Å². The molecule has 1 unspecified atom stereocenters. The molecule has 0 saturated carbocycles. The molecule has 0 aliphatic carbocycles. The molecule has 0 aromatic heterocycles. The molecular formula is C25H35NO3S. The number of para-hydroxylation sites is 1. The largest absolute Gasteiger partial charge is 0.491 e. The van der Waals surface area contributed by atoms with Gasteiger partial charge in [-0.3, -0.25) is 9.69 Å². The molecule has 1 N–H and O–H groups in total. The third-order valence-electron chi connectivity index (χ3n) is 5.19. The van der Waals surface area contributed by atoms with Crippen molar-refractivity contribution in [2.45, 2.75) is 62.8 Å². The van der Waals surface area contributed by atoms with E-state index in [9.17, 15) is 9.90 Å². The second-order valence-corrected chi connectivity index (χ2v) is 10.0. The zero-order valence-electron chi connectivity index (χ0n) is 19.0. The van der Waals surface area contributed by atoms with Crippen molar-refractivity contribution in [3.8, 4) is 5.75 Å². The van der Waals surface area contributed by atoms with Crippen LogP contribution in [-0.4, -0.2) is 41.7 Å². The van der Waals surface area contributed by atoms with Gasteiger partial charge in [-0.2, -0.15) is 0 Å². The van der Waals surface area contributed by atoms with Gasteiger partial charge in [0.2, 0.25) is 0 Å². The Balaban J connectivity index is 2.13. The Labute approximate surface area is 185 Å². The van der Waals surface area contributed by atoms with Crippen LogP contribution >= 0.6 is 11.8 Å². The monoisotopic (exact) mass is 429 g/mol. The molecule has 0 heterocycles. The minimum absolute atomic E-state index is 0.0270. The molecule has 0 spiro atoms. The van der Waals surface area contributed by atoms with E-state index in [1.807, 2.05) is 30.0 Å². The van der Waals surface area contributed by atoms with Gasteiger partial charge in [-0.25, -0.2) is 0 Å². The lowest BCUT2D eigenvalue weighted by molar-refractivity contribution is -0.139. The highest BCUT2D eigenvalue weighted by atomic mass is 32.2. The lowest BCUT2D eigenvalue weighted by atomic mass is 9.87. The number of carboxylic acids is 1. The van der Waals surface area contributed by atoms with Crippen molar-refractivity contribution >= 4 is 17.7 Å².